The summed E-state index contributed by atoms with van der Waals surface area (Å²) < 4.78 is 2.22. The number of rotatable bonds is 2. The Morgan fingerprint density at radius 3 is 2.50 bits per heavy atom. The van der Waals surface area contributed by atoms with Crippen LogP contribution in [-0.2, 0) is 7.05 Å². The first-order chi connectivity index (χ1) is 7.68. The summed E-state index contributed by atoms with van der Waals surface area (Å²) in [7, 11) is 2.11. The fraction of sp³-hybridized carbons (Fsp3) is 0.643. The highest BCUT2D eigenvalue weighted by Crippen LogP contribution is 2.20. The zero-order valence-electron chi connectivity index (χ0n) is 10.7. The Labute approximate surface area is 98.4 Å². The zero-order valence-corrected chi connectivity index (χ0v) is 10.7. The largest absolute Gasteiger partial charge is 0.352 e. The maximum atomic E-state index is 4.73. The van der Waals surface area contributed by atoms with Gasteiger partial charge in [0.25, 0.3) is 0 Å². The fourth-order valence-corrected chi connectivity index (χ4v) is 2.43. The normalized spacial score (nSPS) is 18.4. The summed E-state index contributed by atoms with van der Waals surface area (Å²) in [5.74, 6) is 0. The van der Waals surface area contributed by atoms with E-state index in [2.05, 4.69) is 37.7 Å². The minimum atomic E-state index is 0.577. The van der Waals surface area contributed by atoms with Gasteiger partial charge in [-0.3, -0.25) is 4.99 Å². The highest BCUT2D eigenvalue weighted by atomic mass is 14.9. The van der Waals surface area contributed by atoms with E-state index < -0.39 is 0 Å². The Balaban J connectivity index is 2.07. The summed E-state index contributed by atoms with van der Waals surface area (Å²) >= 11 is 0. The molecule has 1 aromatic rings. The number of nitrogens with zero attached hydrogens (tertiary/aromatic N) is 2. The van der Waals surface area contributed by atoms with Gasteiger partial charge in [-0.2, -0.15) is 0 Å². The van der Waals surface area contributed by atoms with Crippen molar-refractivity contribution in [3.05, 3.63) is 23.0 Å². The van der Waals surface area contributed by atoms with Gasteiger partial charge in [0, 0.05) is 36.3 Å². The van der Waals surface area contributed by atoms with Gasteiger partial charge in [-0.15, -0.1) is 0 Å². The molecule has 0 amide bonds. The number of aryl methyl sites for hydroxylation is 1. The Morgan fingerprint density at radius 1 is 1.25 bits per heavy atom. The van der Waals surface area contributed by atoms with E-state index >= 15 is 0 Å². The molecular weight excluding hydrogens is 196 g/mol. The third-order valence-corrected chi connectivity index (χ3v) is 3.81. The van der Waals surface area contributed by atoms with E-state index in [1.807, 2.05) is 0 Å². The molecule has 16 heavy (non-hydrogen) atoms. The maximum Gasteiger partial charge on any atom is 0.0499 e. The van der Waals surface area contributed by atoms with Gasteiger partial charge in [0.2, 0.25) is 0 Å². The standard InChI is InChI=1S/C14H22N2/c1-11-9-13(12(2)16(11)3)10-15-14-7-5-4-6-8-14/h9-10,14H,4-8H2,1-3H3. The molecule has 2 heteroatoms. The van der Waals surface area contributed by atoms with Crippen molar-refractivity contribution in [3.63, 3.8) is 0 Å². The molecule has 1 aromatic heterocycles. The average Bonchev–Trinajstić information content (AvgIpc) is 2.56. The Kier molecular flexibility index (Phi) is 3.47. The zero-order chi connectivity index (χ0) is 11.5. The molecule has 2 nitrogen and oxygen atoms in total. The van der Waals surface area contributed by atoms with Gasteiger partial charge in [-0.05, 0) is 32.8 Å². The van der Waals surface area contributed by atoms with Crippen LogP contribution >= 0.6 is 0 Å². The Hall–Kier alpha value is -1.05. The summed E-state index contributed by atoms with van der Waals surface area (Å²) in [6.45, 7) is 4.31. The fourth-order valence-electron chi connectivity index (χ4n) is 2.43. The average molecular weight is 218 g/mol. The predicted molar refractivity (Wildman–Crippen MR) is 69.4 cm³/mol. The van der Waals surface area contributed by atoms with Crippen LogP contribution in [0.3, 0.4) is 0 Å². The molecule has 0 saturated heterocycles. The monoisotopic (exact) mass is 218 g/mol. The second-order valence-corrected chi connectivity index (χ2v) is 4.96. The number of hydrogen-bond acceptors (Lipinski definition) is 1. The van der Waals surface area contributed by atoms with Crippen molar-refractivity contribution in [1.82, 2.24) is 4.57 Å². The lowest BCUT2D eigenvalue weighted by atomic mass is 9.96. The first-order valence-corrected chi connectivity index (χ1v) is 6.34. The molecule has 0 spiro atoms. The van der Waals surface area contributed by atoms with Gasteiger partial charge in [0.15, 0.2) is 0 Å². The van der Waals surface area contributed by atoms with Crippen molar-refractivity contribution in [3.8, 4) is 0 Å². The van der Waals surface area contributed by atoms with Crippen LogP contribution in [0, 0.1) is 13.8 Å². The van der Waals surface area contributed by atoms with Gasteiger partial charge >= 0.3 is 0 Å². The molecule has 1 aliphatic carbocycles. The third-order valence-electron chi connectivity index (χ3n) is 3.81. The molecule has 0 atom stereocenters. The number of aromatic nitrogens is 1. The molecule has 0 bridgehead atoms. The Bertz CT molecular complexity index is 382. The minimum Gasteiger partial charge on any atom is -0.352 e. The molecule has 1 aliphatic rings. The minimum absolute atomic E-state index is 0.577. The molecule has 1 saturated carbocycles. The van der Waals surface area contributed by atoms with E-state index in [9.17, 15) is 0 Å². The lowest BCUT2D eigenvalue weighted by molar-refractivity contribution is 0.444. The lowest BCUT2D eigenvalue weighted by Gasteiger charge is -2.17. The molecule has 0 aliphatic heterocycles. The summed E-state index contributed by atoms with van der Waals surface area (Å²) in [6.07, 6.45) is 8.75. The molecule has 1 fully saturated rings. The molecule has 0 aromatic carbocycles. The second-order valence-electron chi connectivity index (χ2n) is 4.96. The summed E-state index contributed by atoms with van der Waals surface area (Å²) in [4.78, 5) is 4.73. The van der Waals surface area contributed by atoms with E-state index in [0.29, 0.717) is 6.04 Å². The third kappa shape index (κ3) is 2.37. The van der Waals surface area contributed by atoms with Crippen LogP contribution in [0.15, 0.2) is 11.1 Å². The number of hydrogen-bond donors (Lipinski definition) is 0. The predicted octanol–water partition coefficient (Wildman–Crippen LogP) is 3.39. The summed E-state index contributed by atoms with van der Waals surface area (Å²) in [6, 6.07) is 2.80. The molecule has 2 rings (SSSR count). The smallest absolute Gasteiger partial charge is 0.0499 e. The van der Waals surface area contributed by atoms with Gasteiger partial charge in [0.1, 0.15) is 0 Å². The van der Waals surface area contributed by atoms with Crippen LogP contribution < -0.4 is 0 Å². The highest BCUT2D eigenvalue weighted by molar-refractivity contribution is 5.81. The van der Waals surface area contributed by atoms with Crippen molar-refractivity contribution in [2.75, 3.05) is 0 Å². The Morgan fingerprint density at radius 2 is 1.94 bits per heavy atom. The molecule has 0 radical (unpaired) electrons. The van der Waals surface area contributed by atoms with Crippen molar-refractivity contribution >= 4 is 6.21 Å². The summed E-state index contributed by atoms with van der Waals surface area (Å²) in [5, 5.41) is 0. The SMILES string of the molecule is Cc1cc(C=NC2CCCCC2)c(C)n1C. The van der Waals surface area contributed by atoms with E-state index in [0.717, 1.165) is 0 Å². The molecule has 1 heterocycles. The van der Waals surface area contributed by atoms with Crippen molar-refractivity contribution < 1.29 is 0 Å². The van der Waals surface area contributed by atoms with Crippen LogP contribution in [0.25, 0.3) is 0 Å². The summed E-state index contributed by atoms with van der Waals surface area (Å²) in [5.41, 5.74) is 3.91. The highest BCUT2D eigenvalue weighted by Gasteiger charge is 2.11. The van der Waals surface area contributed by atoms with Gasteiger partial charge < -0.3 is 4.57 Å². The van der Waals surface area contributed by atoms with E-state index in [1.165, 1.54) is 49.1 Å². The molecular formula is C14H22N2. The van der Waals surface area contributed by atoms with Crippen LogP contribution in [0.2, 0.25) is 0 Å². The van der Waals surface area contributed by atoms with Crippen LogP contribution in [0.4, 0.5) is 0 Å². The van der Waals surface area contributed by atoms with Crippen molar-refractivity contribution in [2.45, 2.75) is 52.0 Å². The lowest BCUT2D eigenvalue weighted by Crippen LogP contribution is -2.09. The van der Waals surface area contributed by atoms with Gasteiger partial charge in [-0.25, -0.2) is 0 Å². The first-order valence-electron chi connectivity index (χ1n) is 6.34. The number of aliphatic imine (C=N–C) groups is 1. The van der Waals surface area contributed by atoms with E-state index in [4.69, 9.17) is 4.99 Å². The van der Waals surface area contributed by atoms with Crippen molar-refractivity contribution in [1.29, 1.82) is 0 Å². The van der Waals surface area contributed by atoms with E-state index in [-0.39, 0.29) is 0 Å². The van der Waals surface area contributed by atoms with E-state index in [1.54, 1.807) is 0 Å². The molecule has 0 N–H and O–H groups in total. The van der Waals surface area contributed by atoms with Gasteiger partial charge in [0.05, 0.1) is 0 Å². The molecule has 88 valence electrons. The topological polar surface area (TPSA) is 17.3 Å². The second kappa shape index (κ2) is 4.86. The van der Waals surface area contributed by atoms with Gasteiger partial charge in [-0.1, -0.05) is 19.3 Å². The molecule has 0 unspecified atom stereocenters. The maximum absolute atomic E-state index is 4.73. The van der Waals surface area contributed by atoms with Crippen LogP contribution in [0.1, 0.15) is 49.1 Å². The van der Waals surface area contributed by atoms with Crippen LogP contribution in [0.5, 0.6) is 0 Å². The van der Waals surface area contributed by atoms with Crippen molar-refractivity contribution in [2.24, 2.45) is 12.0 Å². The quantitative estimate of drug-likeness (QED) is 0.677. The first kappa shape index (κ1) is 11.4. The van der Waals surface area contributed by atoms with Crippen LogP contribution in [-0.4, -0.2) is 16.8 Å².